The van der Waals surface area contributed by atoms with Gasteiger partial charge in [-0.25, -0.2) is 4.39 Å². The third-order valence-corrected chi connectivity index (χ3v) is 4.77. The molecule has 2 nitrogen and oxygen atoms in total. The van der Waals surface area contributed by atoms with Crippen LogP contribution in [0.5, 0.6) is 5.75 Å². The van der Waals surface area contributed by atoms with E-state index in [9.17, 15) is 4.39 Å². The Bertz CT molecular complexity index is 632. The summed E-state index contributed by atoms with van der Waals surface area (Å²) in [5.41, 5.74) is 2.47. The second kappa shape index (κ2) is 6.50. The molecule has 1 aliphatic heterocycles. The first-order valence-electron chi connectivity index (χ1n) is 7.08. The van der Waals surface area contributed by atoms with Crippen molar-refractivity contribution in [1.29, 1.82) is 0 Å². The molecule has 0 fully saturated rings. The third kappa shape index (κ3) is 3.22. The molecule has 0 radical (unpaired) electrons. The number of thioether (sulfide) groups is 1. The Balaban J connectivity index is 1.75. The second-order valence-electron chi connectivity index (χ2n) is 5.04. The zero-order chi connectivity index (χ0) is 14.7. The van der Waals surface area contributed by atoms with Crippen LogP contribution in [0.15, 0.2) is 47.4 Å². The Hall–Kier alpha value is -1.52. The maximum Gasteiger partial charge on any atom is 0.127 e. The van der Waals surface area contributed by atoms with E-state index in [0.29, 0.717) is 0 Å². The van der Waals surface area contributed by atoms with Crippen molar-refractivity contribution in [3.8, 4) is 5.75 Å². The number of para-hydroxylation sites is 1. The lowest BCUT2D eigenvalue weighted by molar-refractivity contribution is 0.350. The van der Waals surface area contributed by atoms with Crippen molar-refractivity contribution >= 4 is 11.8 Å². The molecule has 0 saturated carbocycles. The van der Waals surface area contributed by atoms with Crippen molar-refractivity contribution in [2.24, 2.45) is 0 Å². The number of ether oxygens (including phenoxy) is 1. The Morgan fingerprint density at radius 1 is 1.29 bits per heavy atom. The van der Waals surface area contributed by atoms with E-state index in [1.165, 1.54) is 17.2 Å². The molecule has 110 valence electrons. The maximum absolute atomic E-state index is 13.2. The summed E-state index contributed by atoms with van der Waals surface area (Å²) in [6.45, 7) is 0.764. The zero-order valence-electron chi connectivity index (χ0n) is 11.9. The van der Waals surface area contributed by atoms with Crippen LogP contribution in [-0.2, 0) is 6.42 Å². The summed E-state index contributed by atoms with van der Waals surface area (Å²) in [6, 6.07) is 13.2. The topological polar surface area (TPSA) is 21.3 Å². The predicted octanol–water partition coefficient (Wildman–Crippen LogP) is 3.81. The molecule has 3 rings (SSSR count). The molecule has 21 heavy (non-hydrogen) atoms. The van der Waals surface area contributed by atoms with Crippen LogP contribution in [0.4, 0.5) is 4.39 Å². The number of benzene rings is 2. The summed E-state index contributed by atoms with van der Waals surface area (Å²) < 4.78 is 19.0. The van der Waals surface area contributed by atoms with Crippen molar-refractivity contribution in [3.05, 3.63) is 59.4 Å². The molecule has 2 aromatic rings. The summed E-state index contributed by atoms with van der Waals surface area (Å²) in [4.78, 5) is 0.948. The van der Waals surface area contributed by atoms with E-state index in [0.717, 1.165) is 29.4 Å². The summed E-state index contributed by atoms with van der Waals surface area (Å²) in [5.74, 6) is 1.67. The number of hydrogen-bond acceptors (Lipinski definition) is 3. The first-order valence-corrected chi connectivity index (χ1v) is 8.06. The standard InChI is InChI=1S/C17H18FNOS/c1-19-16(11-21-14-6-3-5-13(18)10-14)15-7-2-4-12-8-9-20-17(12)15/h2-7,10,16,19H,8-9,11H2,1H3. The number of hydrogen-bond donors (Lipinski definition) is 1. The lowest BCUT2D eigenvalue weighted by Crippen LogP contribution is -2.19. The number of halogens is 1. The molecular formula is C17H18FNOS. The van der Waals surface area contributed by atoms with Crippen LogP contribution in [-0.4, -0.2) is 19.4 Å². The van der Waals surface area contributed by atoms with Gasteiger partial charge >= 0.3 is 0 Å². The van der Waals surface area contributed by atoms with E-state index in [1.54, 1.807) is 23.9 Å². The molecule has 4 heteroatoms. The molecule has 1 N–H and O–H groups in total. The highest BCUT2D eigenvalue weighted by Gasteiger charge is 2.21. The highest BCUT2D eigenvalue weighted by atomic mass is 32.2. The molecule has 2 aromatic carbocycles. The van der Waals surface area contributed by atoms with Gasteiger partial charge in [0, 0.05) is 28.7 Å². The van der Waals surface area contributed by atoms with Gasteiger partial charge in [0.1, 0.15) is 11.6 Å². The first kappa shape index (κ1) is 14.4. The van der Waals surface area contributed by atoms with Crippen LogP contribution < -0.4 is 10.1 Å². The van der Waals surface area contributed by atoms with Crippen molar-refractivity contribution in [1.82, 2.24) is 5.32 Å². The Labute approximate surface area is 128 Å². The van der Waals surface area contributed by atoms with Crippen molar-refractivity contribution in [2.75, 3.05) is 19.4 Å². The third-order valence-electron chi connectivity index (χ3n) is 3.68. The van der Waals surface area contributed by atoms with Crippen LogP contribution in [0.2, 0.25) is 0 Å². The van der Waals surface area contributed by atoms with Gasteiger partial charge in [-0.2, -0.15) is 0 Å². The molecule has 0 saturated heterocycles. The van der Waals surface area contributed by atoms with Gasteiger partial charge in [0.2, 0.25) is 0 Å². The minimum atomic E-state index is -0.190. The molecule has 0 amide bonds. The van der Waals surface area contributed by atoms with Gasteiger partial charge in [0.05, 0.1) is 6.61 Å². The molecule has 0 aliphatic carbocycles. The average Bonchev–Trinajstić information content (AvgIpc) is 2.97. The smallest absolute Gasteiger partial charge is 0.127 e. The quantitative estimate of drug-likeness (QED) is 0.849. The zero-order valence-corrected chi connectivity index (χ0v) is 12.8. The van der Waals surface area contributed by atoms with Gasteiger partial charge < -0.3 is 10.1 Å². The largest absolute Gasteiger partial charge is 0.493 e. The van der Waals surface area contributed by atoms with Gasteiger partial charge in [-0.1, -0.05) is 24.3 Å². The van der Waals surface area contributed by atoms with Gasteiger partial charge in [-0.3, -0.25) is 0 Å². The SMILES string of the molecule is CNC(CSc1cccc(F)c1)c1cccc2c1OCC2. The van der Waals surface area contributed by atoms with Crippen LogP contribution in [0.3, 0.4) is 0 Å². The number of nitrogens with one attached hydrogen (secondary N) is 1. The van der Waals surface area contributed by atoms with Crippen LogP contribution in [0.1, 0.15) is 17.2 Å². The van der Waals surface area contributed by atoms with Crippen molar-refractivity contribution < 1.29 is 9.13 Å². The predicted molar refractivity (Wildman–Crippen MR) is 84.6 cm³/mol. The fourth-order valence-corrected chi connectivity index (χ4v) is 3.66. The lowest BCUT2D eigenvalue weighted by atomic mass is 10.0. The van der Waals surface area contributed by atoms with E-state index in [2.05, 4.69) is 23.5 Å². The molecule has 0 bridgehead atoms. The average molecular weight is 303 g/mol. The molecule has 1 atom stereocenters. The fraction of sp³-hybridized carbons (Fsp3) is 0.294. The molecular weight excluding hydrogens is 285 g/mol. The number of fused-ring (bicyclic) bond motifs is 1. The lowest BCUT2D eigenvalue weighted by Gasteiger charge is -2.19. The minimum absolute atomic E-state index is 0.186. The maximum atomic E-state index is 13.2. The Kier molecular flexibility index (Phi) is 4.46. The molecule has 0 spiro atoms. The molecule has 1 aliphatic rings. The van der Waals surface area contributed by atoms with Gasteiger partial charge in [0.25, 0.3) is 0 Å². The van der Waals surface area contributed by atoms with Gasteiger partial charge in [-0.15, -0.1) is 11.8 Å². The van der Waals surface area contributed by atoms with Crippen LogP contribution in [0.25, 0.3) is 0 Å². The molecule has 0 aromatic heterocycles. The van der Waals surface area contributed by atoms with Crippen LogP contribution >= 0.6 is 11.8 Å². The van der Waals surface area contributed by atoms with Crippen LogP contribution in [0, 0.1) is 5.82 Å². The highest BCUT2D eigenvalue weighted by molar-refractivity contribution is 7.99. The Morgan fingerprint density at radius 2 is 2.14 bits per heavy atom. The molecule has 1 heterocycles. The van der Waals surface area contributed by atoms with E-state index < -0.39 is 0 Å². The normalized spacial score (nSPS) is 14.6. The van der Waals surface area contributed by atoms with Gasteiger partial charge in [-0.05, 0) is 30.8 Å². The minimum Gasteiger partial charge on any atom is -0.493 e. The van der Waals surface area contributed by atoms with Crippen molar-refractivity contribution in [3.63, 3.8) is 0 Å². The van der Waals surface area contributed by atoms with E-state index in [-0.39, 0.29) is 11.9 Å². The summed E-state index contributed by atoms with van der Waals surface area (Å²) in [5, 5.41) is 3.34. The van der Waals surface area contributed by atoms with Crippen molar-refractivity contribution in [2.45, 2.75) is 17.4 Å². The van der Waals surface area contributed by atoms with Gasteiger partial charge in [0.15, 0.2) is 0 Å². The summed E-state index contributed by atoms with van der Waals surface area (Å²) in [7, 11) is 1.95. The molecule has 1 unspecified atom stereocenters. The summed E-state index contributed by atoms with van der Waals surface area (Å²) in [6.07, 6.45) is 0.983. The number of rotatable bonds is 5. The Morgan fingerprint density at radius 3 is 2.95 bits per heavy atom. The second-order valence-corrected chi connectivity index (χ2v) is 6.14. The van der Waals surface area contributed by atoms with E-state index >= 15 is 0 Å². The van der Waals surface area contributed by atoms with E-state index in [4.69, 9.17) is 4.74 Å². The monoisotopic (exact) mass is 303 g/mol. The highest BCUT2D eigenvalue weighted by Crippen LogP contribution is 2.35. The fourth-order valence-electron chi connectivity index (χ4n) is 2.58. The van der Waals surface area contributed by atoms with E-state index in [1.807, 2.05) is 13.1 Å². The first-order chi connectivity index (χ1) is 10.3. The summed E-state index contributed by atoms with van der Waals surface area (Å²) >= 11 is 1.65.